The van der Waals surface area contributed by atoms with Crippen LogP contribution in [-0.2, 0) is 0 Å². The van der Waals surface area contributed by atoms with Crippen LogP contribution in [-0.4, -0.2) is 23.9 Å². The van der Waals surface area contributed by atoms with E-state index in [0.717, 1.165) is 18.7 Å². The van der Waals surface area contributed by atoms with Crippen LogP contribution in [0, 0.1) is 16.0 Å². The zero-order valence-corrected chi connectivity index (χ0v) is 16.8. The SMILES string of the molecule is C[C@@H]1CCCN(c2ccc([C@H](C)NC(=O)c3ccc(Cl)c([N+](=O)[O-])c3)cc2)C1. The van der Waals surface area contributed by atoms with Crippen LogP contribution in [0.15, 0.2) is 42.5 Å². The first-order valence-electron chi connectivity index (χ1n) is 9.45. The largest absolute Gasteiger partial charge is 0.371 e. The summed E-state index contributed by atoms with van der Waals surface area (Å²) in [7, 11) is 0. The summed E-state index contributed by atoms with van der Waals surface area (Å²) in [5, 5.41) is 13.9. The van der Waals surface area contributed by atoms with Crippen molar-refractivity contribution < 1.29 is 9.72 Å². The molecule has 1 aliphatic rings. The fourth-order valence-corrected chi connectivity index (χ4v) is 3.74. The first kappa shape index (κ1) is 20.1. The molecule has 0 bridgehead atoms. The van der Waals surface area contributed by atoms with Crippen LogP contribution in [0.25, 0.3) is 0 Å². The Bertz CT molecular complexity index is 870. The van der Waals surface area contributed by atoms with Crippen molar-refractivity contribution in [1.29, 1.82) is 0 Å². The molecule has 2 aromatic carbocycles. The molecule has 0 aromatic heterocycles. The van der Waals surface area contributed by atoms with Gasteiger partial charge in [0.1, 0.15) is 5.02 Å². The molecule has 1 N–H and O–H groups in total. The average Bonchev–Trinajstić information content (AvgIpc) is 2.68. The number of nitrogens with one attached hydrogen (secondary N) is 1. The van der Waals surface area contributed by atoms with Gasteiger partial charge in [-0.05, 0) is 55.5 Å². The van der Waals surface area contributed by atoms with Crippen LogP contribution in [0.1, 0.15) is 48.7 Å². The minimum Gasteiger partial charge on any atom is -0.371 e. The van der Waals surface area contributed by atoms with Crippen molar-refractivity contribution in [2.45, 2.75) is 32.7 Å². The first-order chi connectivity index (χ1) is 13.3. The van der Waals surface area contributed by atoms with Crippen molar-refractivity contribution >= 4 is 28.9 Å². The topological polar surface area (TPSA) is 75.5 Å². The van der Waals surface area contributed by atoms with E-state index in [9.17, 15) is 14.9 Å². The van der Waals surface area contributed by atoms with Gasteiger partial charge in [-0.2, -0.15) is 0 Å². The molecule has 0 radical (unpaired) electrons. The van der Waals surface area contributed by atoms with Gasteiger partial charge in [-0.25, -0.2) is 0 Å². The number of nitro groups is 1. The predicted molar refractivity (Wildman–Crippen MR) is 111 cm³/mol. The third kappa shape index (κ3) is 4.62. The maximum absolute atomic E-state index is 12.5. The zero-order valence-electron chi connectivity index (χ0n) is 16.0. The molecular weight excluding hydrogens is 378 g/mol. The monoisotopic (exact) mass is 401 g/mol. The lowest BCUT2D eigenvalue weighted by Gasteiger charge is -2.33. The van der Waals surface area contributed by atoms with E-state index in [1.807, 2.05) is 19.1 Å². The van der Waals surface area contributed by atoms with Crippen molar-refractivity contribution in [1.82, 2.24) is 5.32 Å². The second-order valence-corrected chi connectivity index (χ2v) is 7.81. The number of piperidine rings is 1. The number of nitro benzene ring substituents is 1. The van der Waals surface area contributed by atoms with Crippen LogP contribution in [0.5, 0.6) is 0 Å². The number of hydrogen-bond acceptors (Lipinski definition) is 4. The summed E-state index contributed by atoms with van der Waals surface area (Å²) < 4.78 is 0. The Morgan fingerprint density at radius 1 is 1.29 bits per heavy atom. The number of carbonyl (C=O) groups excluding carboxylic acids is 1. The number of benzene rings is 2. The van der Waals surface area contributed by atoms with E-state index in [4.69, 9.17) is 11.6 Å². The minimum absolute atomic E-state index is 0.0113. The highest BCUT2D eigenvalue weighted by Crippen LogP contribution is 2.26. The van der Waals surface area contributed by atoms with E-state index >= 15 is 0 Å². The number of carbonyl (C=O) groups is 1. The smallest absolute Gasteiger partial charge is 0.288 e. The van der Waals surface area contributed by atoms with Gasteiger partial charge in [0.15, 0.2) is 0 Å². The second-order valence-electron chi connectivity index (χ2n) is 7.40. The van der Waals surface area contributed by atoms with Crippen molar-refractivity contribution in [3.8, 4) is 0 Å². The fourth-order valence-electron chi connectivity index (χ4n) is 3.55. The molecule has 3 rings (SSSR count). The number of hydrogen-bond donors (Lipinski definition) is 1. The summed E-state index contributed by atoms with van der Waals surface area (Å²) in [5.41, 5.74) is 2.11. The molecule has 0 aliphatic carbocycles. The van der Waals surface area contributed by atoms with Crippen molar-refractivity contribution in [2.75, 3.05) is 18.0 Å². The molecular formula is C21H24ClN3O3. The molecule has 7 heteroatoms. The maximum Gasteiger partial charge on any atom is 0.288 e. The summed E-state index contributed by atoms with van der Waals surface area (Å²) >= 11 is 5.81. The number of amides is 1. The molecule has 148 valence electrons. The highest BCUT2D eigenvalue weighted by atomic mass is 35.5. The van der Waals surface area contributed by atoms with Gasteiger partial charge in [0.05, 0.1) is 11.0 Å². The Morgan fingerprint density at radius 2 is 2.00 bits per heavy atom. The second kappa shape index (κ2) is 8.61. The third-order valence-electron chi connectivity index (χ3n) is 5.17. The lowest BCUT2D eigenvalue weighted by Crippen LogP contribution is -2.34. The molecule has 1 heterocycles. The van der Waals surface area contributed by atoms with Crippen LogP contribution in [0.4, 0.5) is 11.4 Å². The van der Waals surface area contributed by atoms with E-state index in [0.29, 0.717) is 5.92 Å². The number of halogens is 1. The normalized spacial score (nSPS) is 17.8. The van der Waals surface area contributed by atoms with Gasteiger partial charge < -0.3 is 10.2 Å². The summed E-state index contributed by atoms with van der Waals surface area (Å²) in [6.45, 7) is 6.31. The average molecular weight is 402 g/mol. The summed E-state index contributed by atoms with van der Waals surface area (Å²) in [6.07, 6.45) is 2.49. The van der Waals surface area contributed by atoms with Gasteiger partial charge in [-0.1, -0.05) is 30.7 Å². The number of rotatable bonds is 5. The van der Waals surface area contributed by atoms with Crippen LogP contribution < -0.4 is 10.2 Å². The maximum atomic E-state index is 12.5. The van der Waals surface area contributed by atoms with Crippen molar-refractivity contribution in [2.24, 2.45) is 5.92 Å². The first-order valence-corrected chi connectivity index (χ1v) is 9.82. The number of nitrogens with zero attached hydrogens (tertiary/aromatic N) is 2. The quantitative estimate of drug-likeness (QED) is 0.566. The van der Waals surface area contributed by atoms with Gasteiger partial charge in [0.25, 0.3) is 11.6 Å². The molecule has 1 saturated heterocycles. The van der Waals surface area contributed by atoms with E-state index in [2.05, 4.69) is 29.3 Å². The van der Waals surface area contributed by atoms with Crippen molar-refractivity contribution in [3.05, 3.63) is 68.7 Å². The molecule has 28 heavy (non-hydrogen) atoms. The predicted octanol–water partition coefficient (Wildman–Crippen LogP) is 4.98. The van der Waals surface area contributed by atoms with Crippen LogP contribution in [0.2, 0.25) is 5.02 Å². The Balaban J connectivity index is 1.67. The van der Waals surface area contributed by atoms with E-state index < -0.39 is 4.92 Å². The summed E-state index contributed by atoms with van der Waals surface area (Å²) in [4.78, 5) is 25.3. The fraction of sp³-hybridized carbons (Fsp3) is 0.381. The van der Waals surface area contributed by atoms with Gasteiger partial charge in [-0.3, -0.25) is 14.9 Å². The summed E-state index contributed by atoms with van der Waals surface area (Å²) in [6, 6.07) is 12.0. The molecule has 0 unspecified atom stereocenters. The third-order valence-corrected chi connectivity index (χ3v) is 5.49. The highest BCUT2D eigenvalue weighted by Gasteiger charge is 2.19. The molecule has 2 atom stereocenters. The molecule has 1 amide bonds. The minimum atomic E-state index is -0.595. The lowest BCUT2D eigenvalue weighted by molar-refractivity contribution is -0.384. The van der Waals surface area contributed by atoms with Gasteiger partial charge in [0, 0.05) is 30.4 Å². The zero-order chi connectivity index (χ0) is 20.3. The molecule has 1 aliphatic heterocycles. The Morgan fingerprint density at radius 3 is 2.64 bits per heavy atom. The molecule has 1 fully saturated rings. The lowest BCUT2D eigenvalue weighted by atomic mass is 9.99. The van der Waals surface area contributed by atoms with Crippen LogP contribution >= 0.6 is 11.6 Å². The van der Waals surface area contributed by atoms with Crippen LogP contribution in [0.3, 0.4) is 0 Å². The van der Waals surface area contributed by atoms with Gasteiger partial charge >= 0.3 is 0 Å². The van der Waals surface area contributed by atoms with Gasteiger partial charge in [-0.15, -0.1) is 0 Å². The van der Waals surface area contributed by atoms with E-state index in [-0.39, 0.29) is 28.2 Å². The molecule has 6 nitrogen and oxygen atoms in total. The Kier molecular flexibility index (Phi) is 6.19. The van der Waals surface area contributed by atoms with E-state index in [1.54, 1.807) is 0 Å². The Labute approximate surface area is 169 Å². The highest BCUT2D eigenvalue weighted by molar-refractivity contribution is 6.32. The Hall–Kier alpha value is -2.60. The van der Waals surface area contributed by atoms with E-state index in [1.165, 1.54) is 36.7 Å². The summed E-state index contributed by atoms with van der Waals surface area (Å²) in [5.74, 6) is 0.330. The molecule has 0 spiro atoms. The standard InChI is InChI=1S/C21H24ClN3O3/c1-14-4-3-11-24(13-14)18-8-5-16(6-9-18)15(2)23-21(26)17-7-10-19(22)20(12-17)25(27)28/h5-10,12,14-15H,3-4,11,13H2,1-2H3,(H,23,26)/t14-,15+/m1/s1. The van der Waals surface area contributed by atoms with Crippen molar-refractivity contribution in [3.63, 3.8) is 0 Å². The molecule has 0 saturated carbocycles. The molecule has 2 aromatic rings. The van der Waals surface area contributed by atoms with Gasteiger partial charge in [0.2, 0.25) is 0 Å². The number of anilines is 1.